The first-order valence-electron chi connectivity index (χ1n) is 10.0. The lowest BCUT2D eigenvalue weighted by atomic mass is 9.98. The molecular formula is C22H27ClN2O4S. The van der Waals surface area contributed by atoms with E-state index in [1.165, 1.54) is 16.4 Å². The molecular weight excluding hydrogens is 424 g/mol. The van der Waals surface area contributed by atoms with Crippen LogP contribution in [-0.4, -0.2) is 38.3 Å². The number of hydrogen-bond donors (Lipinski definition) is 1. The van der Waals surface area contributed by atoms with Crippen LogP contribution in [0.15, 0.2) is 41.3 Å². The van der Waals surface area contributed by atoms with E-state index in [2.05, 4.69) is 5.32 Å². The van der Waals surface area contributed by atoms with Gasteiger partial charge in [-0.3, -0.25) is 4.79 Å². The summed E-state index contributed by atoms with van der Waals surface area (Å²) in [6.45, 7) is 6.73. The molecule has 0 aliphatic carbocycles. The summed E-state index contributed by atoms with van der Waals surface area (Å²) in [4.78, 5) is 12.9. The van der Waals surface area contributed by atoms with Gasteiger partial charge in [0.2, 0.25) is 15.9 Å². The normalized spacial score (nSPS) is 17.5. The number of carbonyl (C=O) groups excluding carboxylic acids is 1. The number of sulfonamides is 1. The van der Waals surface area contributed by atoms with Crippen LogP contribution in [0, 0.1) is 19.8 Å². The van der Waals surface area contributed by atoms with Gasteiger partial charge < -0.3 is 10.1 Å². The molecule has 2 aromatic carbocycles. The number of hydrogen-bond acceptors (Lipinski definition) is 4. The molecule has 6 nitrogen and oxygen atoms in total. The first kappa shape index (κ1) is 22.6. The topological polar surface area (TPSA) is 75.7 Å². The fourth-order valence-corrected chi connectivity index (χ4v) is 5.41. The molecule has 162 valence electrons. The van der Waals surface area contributed by atoms with Crippen LogP contribution < -0.4 is 10.1 Å². The molecule has 1 amide bonds. The van der Waals surface area contributed by atoms with Crippen molar-refractivity contribution in [2.24, 2.45) is 5.92 Å². The van der Waals surface area contributed by atoms with Gasteiger partial charge in [-0.2, -0.15) is 4.31 Å². The third-order valence-electron chi connectivity index (χ3n) is 5.46. The van der Waals surface area contributed by atoms with Crippen molar-refractivity contribution in [3.63, 3.8) is 0 Å². The van der Waals surface area contributed by atoms with Crippen molar-refractivity contribution < 1.29 is 17.9 Å². The quantitative estimate of drug-likeness (QED) is 0.707. The van der Waals surface area contributed by atoms with Crippen LogP contribution in [-0.2, 0) is 14.8 Å². The van der Waals surface area contributed by atoms with Crippen molar-refractivity contribution in [1.82, 2.24) is 4.31 Å². The number of rotatable bonds is 6. The summed E-state index contributed by atoms with van der Waals surface area (Å²) in [5.41, 5.74) is 2.86. The van der Waals surface area contributed by atoms with E-state index in [-0.39, 0.29) is 22.4 Å². The van der Waals surface area contributed by atoms with Crippen LogP contribution in [0.3, 0.4) is 0 Å². The highest BCUT2D eigenvalue weighted by atomic mass is 35.5. The number of carbonyl (C=O) groups is 1. The van der Waals surface area contributed by atoms with Crippen LogP contribution >= 0.6 is 11.6 Å². The maximum absolute atomic E-state index is 13.1. The minimum absolute atomic E-state index is 0.103. The molecule has 0 spiro atoms. The Labute approximate surface area is 183 Å². The van der Waals surface area contributed by atoms with E-state index in [1.807, 2.05) is 39.0 Å². The van der Waals surface area contributed by atoms with Gasteiger partial charge in [0.05, 0.1) is 22.4 Å². The molecule has 1 aliphatic rings. The second-order valence-electron chi connectivity index (χ2n) is 7.46. The minimum atomic E-state index is -3.76. The molecule has 0 bridgehead atoms. The fraction of sp³-hybridized carbons (Fsp3) is 0.409. The van der Waals surface area contributed by atoms with Crippen LogP contribution in [0.4, 0.5) is 5.69 Å². The Morgan fingerprint density at radius 1 is 1.27 bits per heavy atom. The summed E-state index contributed by atoms with van der Waals surface area (Å²) >= 11 is 6.18. The molecule has 1 aliphatic heterocycles. The molecule has 1 saturated heterocycles. The zero-order valence-electron chi connectivity index (χ0n) is 17.4. The van der Waals surface area contributed by atoms with E-state index in [0.717, 1.165) is 16.8 Å². The first-order valence-corrected chi connectivity index (χ1v) is 11.9. The molecule has 0 aromatic heterocycles. The first-order chi connectivity index (χ1) is 14.2. The van der Waals surface area contributed by atoms with Crippen LogP contribution in [0.1, 0.15) is 30.9 Å². The minimum Gasteiger partial charge on any atom is -0.492 e. The number of amides is 1. The van der Waals surface area contributed by atoms with Crippen LogP contribution in [0.5, 0.6) is 5.75 Å². The third-order valence-corrected chi connectivity index (χ3v) is 7.61. The molecule has 8 heteroatoms. The Bertz CT molecular complexity index is 1040. The molecule has 0 saturated carbocycles. The molecule has 1 atom stereocenters. The van der Waals surface area contributed by atoms with E-state index in [4.69, 9.17) is 16.3 Å². The predicted octanol–water partition coefficient (Wildman–Crippen LogP) is 4.39. The van der Waals surface area contributed by atoms with Crippen molar-refractivity contribution in [3.05, 3.63) is 52.5 Å². The van der Waals surface area contributed by atoms with E-state index in [1.54, 1.807) is 6.07 Å². The smallest absolute Gasteiger partial charge is 0.243 e. The fourth-order valence-electron chi connectivity index (χ4n) is 3.56. The highest BCUT2D eigenvalue weighted by Gasteiger charge is 2.33. The van der Waals surface area contributed by atoms with Gasteiger partial charge in [-0.1, -0.05) is 23.7 Å². The average Bonchev–Trinajstić information content (AvgIpc) is 2.73. The van der Waals surface area contributed by atoms with Gasteiger partial charge >= 0.3 is 0 Å². The molecule has 3 rings (SSSR count). The molecule has 1 fully saturated rings. The zero-order chi connectivity index (χ0) is 21.9. The average molecular weight is 451 g/mol. The number of aryl methyl sites for hydroxylation is 1. The van der Waals surface area contributed by atoms with Gasteiger partial charge in [-0.05, 0) is 69.0 Å². The number of piperidine rings is 1. The highest BCUT2D eigenvalue weighted by molar-refractivity contribution is 7.89. The lowest BCUT2D eigenvalue weighted by molar-refractivity contribution is -0.120. The van der Waals surface area contributed by atoms with Crippen molar-refractivity contribution in [2.75, 3.05) is 25.0 Å². The van der Waals surface area contributed by atoms with E-state index < -0.39 is 15.9 Å². The number of ether oxygens (including phenoxy) is 1. The standard InChI is InChI=1S/C22H27ClN2O4S/c1-4-29-21-11-10-18(13-19(21)23)30(27,28)25-12-6-8-17(14-25)22(26)24-20-9-5-7-15(2)16(20)3/h5,7,9-11,13,17H,4,6,8,12,14H2,1-3H3,(H,24,26)/t17-/m1/s1. The van der Waals surface area contributed by atoms with Crippen molar-refractivity contribution in [3.8, 4) is 5.75 Å². The van der Waals surface area contributed by atoms with Gasteiger partial charge in [0.25, 0.3) is 0 Å². The lowest BCUT2D eigenvalue weighted by Gasteiger charge is -2.31. The highest BCUT2D eigenvalue weighted by Crippen LogP contribution is 2.31. The Morgan fingerprint density at radius 2 is 2.03 bits per heavy atom. The molecule has 1 N–H and O–H groups in total. The van der Waals surface area contributed by atoms with Crippen LogP contribution in [0.2, 0.25) is 5.02 Å². The maximum atomic E-state index is 13.1. The summed E-state index contributed by atoms with van der Waals surface area (Å²) < 4.78 is 33.0. The zero-order valence-corrected chi connectivity index (χ0v) is 19.0. The number of anilines is 1. The van der Waals surface area contributed by atoms with Gasteiger partial charge in [0, 0.05) is 18.8 Å². The predicted molar refractivity (Wildman–Crippen MR) is 119 cm³/mol. The maximum Gasteiger partial charge on any atom is 0.243 e. The summed E-state index contributed by atoms with van der Waals surface area (Å²) in [5.74, 6) is -0.123. The molecule has 2 aromatic rings. The van der Waals surface area contributed by atoms with Gasteiger partial charge in [0.15, 0.2) is 0 Å². The van der Waals surface area contributed by atoms with E-state index in [0.29, 0.717) is 31.7 Å². The Kier molecular flexibility index (Phi) is 7.06. The summed E-state index contributed by atoms with van der Waals surface area (Å²) in [5, 5.41) is 3.21. The Morgan fingerprint density at radius 3 is 2.73 bits per heavy atom. The van der Waals surface area contributed by atoms with Gasteiger partial charge in [0.1, 0.15) is 5.75 Å². The van der Waals surface area contributed by atoms with Gasteiger partial charge in [-0.25, -0.2) is 8.42 Å². The summed E-state index contributed by atoms with van der Waals surface area (Å²) in [7, 11) is -3.76. The third kappa shape index (κ3) is 4.79. The number of nitrogens with one attached hydrogen (secondary N) is 1. The van der Waals surface area contributed by atoms with E-state index in [9.17, 15) is 13.2 Å². The van der Waals surface area contributed by atoms with Crippen molar-refractivity contribution >= 4 is 33.2 Å². The second kappa shape index (κ2) is 9.37. The second-order valence-corrected chi connectivity index (χ2v) is 9.81. The Balaban J connectivity index is 1.75. The van der Waals surface area contributed by atoms with E-state index >= 15 is 0 Å². The van der Waals surface area contributed by atoms with Crippen LogP contribution in [0.25, 0.3) is 0 Å². The molecule has 0 unspecified atom stereocenters. The number of halogens is 1. The monoisotopic (exact) mass is 450 g/mol. The lowest BCUT2D eigenvalue weighted by Crippen LogP contribution is -2.43. The van der Waals surface area contributed by atoms with Gasteiger partial charge in [-0.15, -0.1) is 0 Å². The SMILES string of the molecule is CCOc1ccc(S(=O)(=O)N2CCC[C@@H](C(=O)Nc3cccc(C)c3C)C2)cc1Cl. The van der Waals surface area contributed by atoms with Crippen molar-refractivity contribution in [1.29, 1.82) is 0 Å². The molecule has 1 heterocycles. The summed E-state index contributed by atoms with van der Waals surface area (Å²) in [6, 6.07) is 10.2. The number of benzene rings is 2. The molecule has 30 heavy (non-hydrogen) atoms. The molecule has 0 radical (unpaired) electrons. The summed E-state index contributed by atoms with van der Waals surface area (Å²) in [6.07, 6.45) is 1.27. The largest absolute Gasteiger partial charge is 0.492 e. The Hall–Kier alpha value is -2.09. The van der Waals surface area contributed by atoms with Crippen molar-refractivity contribution in [2.45, 2.75) is 38.5 Å². The number of nitrogens with zero attached hydrogens (tertiary/aromatic N) is 1.